The van der Waals surface area contributed by atoms with Gasteiger partial charge >= 0.3 is 0 Å². The molecule has 5 heteroatoms. The van der Waals surface area contributed by atoms with E-state index in [0.29, 0.717) is 6.54 Å². The summed E-state index contributed by atoms with van der Waals surface area (Å²) in [5, 5.41) is 6.26. The van der Waals surface area contributed by atoms with Gasteiger partial charge in [-0.05, 0) is 19.8 Å². The molecule has 1 aliphatic rings. The molecule has 1 heterocycles. The van der Waals surface area contributed by atoms with E-state index >= 15 is 0 Å². The molecule has 1 saturated carbocycles. The molecule has 2 rings (SSSR count). The van der Waals surface area contributed by atoms with Crippen LogP contribution in [0.3, 0.4) is 0 Å². The number of nitrogens with zero attached hydrogens (tertiary/aromatic N) is 1. The first-order chi connectivity index (χ1) is 10.2. The maximum atomic E-state index is 12.4. The fourth-order valence-electron chi connectivity index (χ4n) is 2.97. The van der Waals surface area contributed by atoms with E-state index in [1.807, 2.05) is 6.92 Å². The molecule has 3 N–H and O–H groups in total. The lowest BCUT2D eigenvalue weighted by Crippen LogP contribution is -2.53. The molecule has 2 atom stereocenters. The fourth-order valence-corrected chi connectivity index (χ4v) is 4.00. The van der Waals surface area contributed by atoms with Crippen molar-refractivity contribution in [2.24, 2.45) is 11.7 Å². The van der Waals surface area contributed by atoms with Crippen LogP contribution in [0.2, 0.25) is 0 Å². The monoisotopic (exact) mass is 323 g/mol. The number of hydrogen-bond acceptors (Lipinski definition) is 4. The van der Waals surface area contributed by atoms with Gasteiger partial charge in [-0.2, -0.15) is 0 Å². The molecule has 124 valence electrons. The average Bonchev–Trinajstić information content (AvgIpc) is 2.86. The van der Waals surface area contributed by atoms with Crippen LogP contribution in [0.4, 0.5) is 0 Å². The molecule has 0 bridgehead atoms. The molecule has 4 nitrogen and oxygen atoms in total. The van der Waals surface area contributed by atoms with Gasteiger partial charge in [-0.25, -0.2) is 4.98 Å². The molecule has 1 aromatic rings. The number of carbonyl (C=O) groups is 1. The Hall–Kier alpha value is -0.940. The largest absolute Gasteiger partial charge is 0.355 e. The summed E-state index contributed by atoms with van der Waals surface area (Å²) in [6, 6.07) is 0. The molecule has 22 heavy (non-hydrogen) atoms. The molecule has 2 unspecified atom stereocenters. The van der Waals surface area contributed by atoms with Crippen LogP contribution >= 0.6 is 11.3 Å². The highest BCUT2D eigenvalue weighted by Gasteiger charge is 2.37. The summed E-state index contributed by atoms with van der Waals surface area (Å²) in [7, 11) is 0. The highest BCUT2D eigenvalue weighted by molar-refractivity contribution is 7.09. The molecule has 0 aliphatic heterocycles. The van der Waals surface area contributed by atoms with Crippen molar-refractivity contribution >= 4 is 17.2 Å². The topological polar surface area (TPSA) is 68.0 Å². The van der Waals surface area contributed by atoms with Crippen molar-refractivity contribution in [1.82, 2.24) is 10.3 Å². The van der Waals surface area contributed by atoms with E-state index in [2.05, 4.69) is 36.5 Å². The third-order valence-corrected chi connectivity index (χ3v) is 5.44. The van der Waals surface area contributed by atoms with Gasteiger partial charge < -0.3 is 11.1 Å². The van der Waals surface area contributed by atoms with E-state index in [1.54, 1.807) is 11.3 Å². The van der Waals surface area contributed by atoms with Crippen LogP contribution in [-0.2, 0) is 16.6 Å². The predicted octanol–water partition coefficient (Wildman–Crippen LogP) is 3.01. The van der Waals surface area contributed by atoms with Crippen LogP contribution in [0.5, 0.6) is 0 Å². The number of hydrogen-bond donors (Lipinski definition) is 2. The van der Waals surface area contributed by atoms with Gasteiger partial charge in [-0.1, -0.05) is 33.6 Å². The lowest BCUT2D eigenvalue weighted by atomic mass is 9.74. The Morgan fingerprint density at radius 1 is 1.50 bits per heavy atom. The van der Waals surface area contributed by atoms with Gasteiger partial charge in [0.05, 0.1) is 16.6 Å². The zero-order valence-electron chi connectivity index (χ0n) is 14.2. The Morgan fingerprint density at radius 2 is 2.23 bits per heavy atom. The van der Waals surface area contributed by atoms with E-state index in [1.165, 1.54) is 0 Å². The van der Waals surface area contributed by atoms with Gasteiger partial charge in [-0.3, -0.25) is 4.79 Å². The first-order valence-electron chi connectivity index (χ1n) is 8.21. The van der Waals surface area contributed by atoms with Crippen molar-refractivity contribution < 1.29 is 4.79 Å². The van der Waals surface area contributed by atoms with Gasteiger partial charge in [0.15, 0.2) is 0 Å². The summed E-state index contributed by atoms with van der Waals surface area (Å²) in [4.78, 5) is 17.0. The second-order valence-corrected chi connectivity index (χ2v) is 8.66. The number of nitrogens with one attached hydrogen (secondary N) is 1. The van der Waals surface area contributed by atoms with Crippen LogP contribution in [-0.4, -0.2) is 23.0 Å². The summed E-state index contributed by atoms with van der Waals surface area (Å²) in [6.07, 6.45) is 4.87. The van der Waals surface area contributed by atoms with Gasteiger partial charge in [0, 0.05) is 29.3 Å². The number of rotatable bonds is 4. The van der Waals surface area contributed by atoms with Crippen molar-refractivity contribution in [3.63, 3.8) is 0 Å². The van der Waals surface area contributed by atoms with Crippen LogP contribution in [0.15, 0.2) is 5.38 Å². The van der Waals surface area contributed by atoms with E-state index in [-0.39, 0.29) is 22.8 Å². The van der Waals surface area contributed by atoms with Crippen LogP contribution in [0, 0.1) is 5.92 Å². The van der Waals surface area contributed by atoms with Crippen LogP contribution in [0.25, 0.3) is 0 Å². The molecular weight excluding hydrogens is 294 g/mol. The molecule has 1 aromatic heterocycles. The number of carbonyl (C=O) groups excluding carboxylic acids is 1. The number of aromatic nitrogens is 1. The molecular formula is C17H29N3OS. The summed E-state index contributed by atoms with van der Waals surface area (Å²) >= 11 is 1.68. The predicted molar refractivity (Wildman–Crippen MR) is 92.1 cm³/mol. The van der Waals surface area contributed by atoms with Crippen LogP contribution in [0.1, 0.15) is 64.1 Å². The Morgan fingerprint density at radius 3 is 2.82 bits per heavy atom. The second kappa shape index (κ2) is 6.67. The Kier molecular flexibility index (Phi) is 5.28. The van der Waals surface area contributed by atoms with E-state index < -0.39 is 0 Å². The summed E-state index contributed by atoms with van der Waals surface area (Å²) in [5.74, 6) is 0.0555. The quantitative estimate of drug-likeness (QED) is 0.895. The molecule has 1 amide bonds. The van der Waals surface area contributed by atoms with Crippen molar-refractivity contribution in [3.8, 4) is 0 Å². The second-order valence-electron chi connectivity index (χ2n) is 7.72. The van der Waals surface area contributed by atoms with Gasteiger partial charge in [0.2, 0.25) is 5.91 Å². The van der Waals surface area contributed by atoms with Gasteiger partial charge in [0.1, 0.15) is 0 Å². The molecule has 0 aromatic carbocycles. The smallest absolute Gasteiger partial charge is 0.224 e. The van der Waals surface area contributed by atoms with E-state index in [9.17, 15) is 4.79 Å². The van der Waals surface area contributed by atoms with Crippen LogP contribution < -0.4 is 11.1 Å². The third kappa shape index (κ3) is 4.29. The lowest BCUT2D eigenvalue weighted by Gasteiger charge is -2.37. The van der Waals surface area contributed by atoms with Crippen molar-refractivity contribution in [1.29, 1.82) is 0 Å². The Bertz CT molecular complexity index is 516. The maximum Gasteiger partial charge on any atom is 0.224 e. The molecule has 0 saturated heterocycles. The minimum absolute atomic E-state index is 0.0531. The first-order valence-corrected chi connectivity index (χ1v) is 9.09. The lowest BCUT2D eigenvalue weighted by molar-refractivity contribution is -0.128. The maximum absolute atomic E-state index is 12.4. The number of nitrogens with two attached hydrogens (primary N) is 1. The van der Waals surface area contributed by atoms with Crippen molar-refractivity contribution in [3.05, 3.63) is 16.1 Å². The van der Waals surface area contributed by atoms with Crippen molar-refractivity contribution in [2.45, 2.75) is 70.8 Å². The minimum atomic E-state index is -0.358. The van der Waals surface area contributed by atoms with Gasteiger partial charge in [0.25, 0.3) is 0 Å². The third-order valence-electron chi connectivity index (χ3n) is 4.53. The van der Waals surface area contributed by atoms with E-state index in [4.69, 9.17) is 5.73 Å². The zero-order valence-corrected chi connectivity index (χ0v) is 15.1. The van der Waals surface area contributed by atoms with Gasteiger partial charge in [-0.15, -0.1) is 11.3 Å². The minimum Gasteiger partial charge on any atom is -0.355 e. The zero-order chi connectivity index (χ0) is 16.4. The number of thiazole rings is 1. The first kappa shape index (κ1) is 17.4. The Balaban J connectivity index is 1.83. The normalized spacial score (nSPS) is 26.0. The standard InChI is InChI=1S/C17H29N3OS/c1-16(2,3)13-11-22-14(20-13)8-10-19-15(21)12-7-5-6-9-17(12,4)18/h11-12H,5-10,18H2,1-4H3,(H,19,21). The highest BCUT2D eigenvalue weighted by atomic mass is 32.1. The molecule has 0 spiro atoms. The summed E-state index contributed by atoms with van der Waals surface area (Å²) < 4.78 is 0. The SMILES string of the molecule is CC(C)(C)c1csc(CCNC(=O)C2CCCCC2(C)N)n1. The molecule has 0 radical (unpaired) electrons. The summed E-state index contributed by atoms with van der Waals surface area (Å²) in [5.41, 5.74) is 7.14. The molecule has 1 fully saturated rings. The molecule has 1 aliphatic carbocycles. The highest BCUT2D eigenvalue weighted by Crippen LogP contribution is 2.31. The Labute approximate surface area is 137 Å². The van der Waals surface area contributed by atoms with E-state index in [0.717, 1.165) is 42.8 Å². The average molecular weight is 324 g/mol. The number of amides is 1. The fraction of sp³-hybridized carbons (Fsp3) is 0.765. The van der Waals surface area contributed by atoms with Crippen molar-refractivity contribution in [2.75, 3.05) is 6.54 Å². The summed E-state index contributed by atoms with van der Waals surface area (Å²) in [6.45, 7) is 9.14.